The van der Waals surface area contributed by atoms with Crippen molar-refractivity contribution in [2.75, 3.05) is 13.2 Å². The summed E-state index contributed by atoms with van der Waals surface area (Å²) >= 11 is 0. The van der Waals surface area contributed by atoms with Crippen LogP contribution in [0.5, 0.6) is 5.75 Å². The van der Waals surface area contributed by atoms with Crippen molar-refractivity contribution in [2.45, 2.75) is 26.7 Å². The van der Waals surface area contributed by atoms with Crippen LogP contribution >= 0.6 is 0 Å². The SMILES string of the molecule is CCOc1ccc(CCCNC(=O)/C(=C/c2ccco2)NC(=O)c2ccc(C)cc2)cc1. The first kappa shape index (κ1) is 22.9. The van der Waals surface area contributed by atoms with Gasteiger partial charge in [-0.15, -0.1) is 0 Å². The molecule has 0 bridgehead atoms. The minimum atomic E-state index is -0.367. The molecule has 3 rings (SSSR count). The molecule has 0 fully saturated rings. The third kappa shape index (κ3) is 6.87. The number of carbonyl (C=O) groups excluding carboxylic acids is 2. The Hall–Kier alpha value is -3.80. The van der Waals surface area contributed by atoms with Gasteiger partial charge >= 0.3 is 0 Å². The van der Waals surface area contributed by atoms with Crippen molar-refractivity contribution in [3.8, 4) is 5.75 Å². The zero-order valence-electron chi connectivity index (χ0n) is 18.4. The Balaban J connectivity index is 1.57. The minimum absolute atomic E-state index is 0.131. The van der Waals surface area contributed by atoms with E-state index in [1.807, 2.05) is 50.2 Å². The fourth-order valence-electron chi connectivity index (χ4n) is 3.08. The van der Waals surface area contributed by atoms with Crippen molar-refractivity contribution in [1.82, 2.24) is 10.6 Å². The summed E-state index contributed by atoms with van der Waals surface area (Å²) < 4.78 is 10.8. The topological polar surface area (TPSA) is 80.6 Å². The van der Waals surface area contributed by atoms with Crippen molar-refractivity contribution in [3.05, 3.63) is 95.1 Å². The highest BCUT2D eigenvalue weighted by Gasteiger charge is 2.15. The number of furan rings is 1. The first-order valence-electron chi connectivity index (χ1n) is 10.7. The molecule has 166 valence electrons. The van der Waals surface area contributed by atoms with E-state index >= 15 is 0 Å². The number of amides is 2. The van der Waals surface area contributed by atoms with E-state index in [1.54, 1.807) is 24.3 Å². The van der Waals surface area contributed by atoms with E-state index in [1.165, 1.54) is 17.9 Å². The summed E-state index contributed by atoms with van der Waals surface area (Å²) in [6.07, 6.45) is 4.62. The summed E-state index contributed by atoms with van der Waals surface area (Å²) in [5.41, 5.74) is 2.83. The standard InChI is InChI=1S/C26H28N2O4/c1-3-31-22-14-10-20(11-15-22)6-4-16-27-26(30)24(18-23-7-5-17-32-23)28-25(29)21-12-8-19(2)9-13-21/h5,7-15,17-18H,3-4,6,16H2,1-2H3,(H,27,30)(H,28,29)/b24-18-. The van der Waals surface area contributed by atoms with Crippen LogP contribution in [0.2, 0.25) is 0 Å². The maximum atomic E-state index is 12.8. The molecule has 0 radical (unpaired) electrons. The van der Waals surface area contributed by atoms with Crippen molar-refractivity contribution in [1.29, 1.82) is 0 Å². The lowest BCUT2D eigenvalue weighted by atomic mass is 10.1. The lowest BCUT2D eigenvalue weighted by Crippen LogP contribution is -2.35. The van der Waals surface area contributed by atoms with Gasteiger partial charge in [0.15, 0.2) is 0 Å². The van der Waals surface area contributed by atoms with Crippen molar-refractivity contribution in [2.24, 2.45) is 0 Å². The molecular weight excluding hydrogens is 404 g/mol. The van der Waals surface area contributed by atoms with Crippen molar-refractivity contribution < 1.29 is 18.7 Å². The van der Waals surface area contributed by atoms with Crippen LogP contribution in [0, 0.1) is 6.92 Å². The molecule has 32 heavy (non-hydrogen) atoms. The molecule has 1 heterocycles. The van der Waals surface area contributed by atoms with Gasteiger partial charge in [-0.05, 0) is 68.7 Å². The van der Waals surface area contributed by atoms with E-state index in [2.05, 4.69) is 10.6 Å². The number of hydrogen-bond donors (Lipinski definition) is 2. The van der Waals surface area contributed by atoms with Crippen LogP contribution < -0.4 is 15.4 Å². The molecule has 0 saturated carbocycles. The number of aryl methyl sites for hydroxylation is 2. The second-order valence-corrected chi connectivity index (χ2v) is 7.33. The highest BCUT2D eigenvalue weighted by Crippen LogP contribution is 2.13. The Kier molecular flexibility index (Phi) is 8.26. The van der Waals surface area contributed by atoms with Crippen LogP contribution in [0.3, 0.4) is 0 Å². The fraction of sp³-hybridized carbons (Fsp3) is 0.231. The summed E-state index contributed by atoms with van der Waals surface area (Å²) in [5.74, 6) is 0.608. The van der Waals surface area contributed by atoms with Gasteiger partial charge < -0.3 is 19.8 Å². The molecular formula is C26H28N2O4. The third-order valence-corrected chi connectivity index (χ3v) is 4.80. The number of nitrogens with one attached hydrogen (secondary N) is 2. The number of hydrogen-bond acceptors (Lipinski definition) is 4. The molecule has 0 aliphatic rings. The lowest BCUT2D eigenvalue weighted by Gasteiger charge is -2.11. The second kappa shape index (κ2) is 11.6. The minimum Gasteiger partial charge on any atom is -0.494 e. The van der Waals surface area contributed by atoms with Gasteiger partial charge in [-0.25, -0.2) is 0 Å². The number of benzene rings is 2. The maximum Gasteiger partial charge on any atom is 0.267 e. The molecule has 0 saturated heterocycles. The molecule has 6 heteroatoms. The van der Waals surface area contributed by atoms with Gasteiger partial charge in [0.2, 0.25) is 0 Å². The molecule has 2 aromatic carbocycles. The Labute approximate surface area is 188 Å². The van der Waals surface area contributed by atoms with Crippen molar-refractivity contribution >= 4 is 17.9 Å². The van der Waals surface area contributed by atoms with Gasteiger partial charge in [-0.1, -0.05) is 29.8 Å². The largest absolute Gasteiger partial charge is 0.494 e. The van der Waals surface area contributed by atoms with E-state index in [9.17, 15) is 9.59 Å². The van der Waals surface area contributed by atoms with Gasteiger partial charge in [0.05, 0.1) is 12.9 Å². The number of rotatable bonds is 10. The van der Waals surface area contributed by atoms with E-state index in [0.29, 0.717) is 24.5 Å². The average molecular weight is 433 g/mol. The molecule has 6 nitrogen and oxygen atoms in total. The summed E-state index contributed by atoms with van der Waals surface area (Å²) in [6, 6.07) is 18.5. The van der Waals surface area contributed by atoms with E-state index in [0.717, 1.165) is 24.2 Å². The molecule has 0 aliphatic carbocycles. The molecule has 0 spiro atoms. The van der Waals surface area contributed by atoms with Gasteiger partial charge in [-0.3, -0.25) is 9.59 Å². The fourth-order valence-corrected chi connectivity index (χ4v) is 3.08. The van der Waals surface area contributed by atoms with Crippen LogP contribution in [-0.2, 0) is 11.2 Å². The monoisotopic (exact) mass is 432 g/mol. The molecule has 2 amide bonds. The second-order valence-electron chi connectivity index (χ2n) is 7.33. The van der Waals surface area contributed by atoms with Crippen LogP contribution in [0.25, 0.3) is 6.08 Å². The van der Waals surface area contributed by atoms with Gasteiger partial charge in [-0.2, -0.15) is 0 Å². The highest BCUT2D eigenvalue weighted by atomic mass is 16.5. The first-order chi connectivity index (χ1) is 15.5. The zero-order valence-corrected chi connectivity index (χ0v) is 18.4. The van der Waals surface area contributed by atoms with Gasteiger partial charge in [0, 0.05) is 18.2 Å². The normalized spacial score (nSPS) is 11.1. The van der Waals surface area contributed by atoms with Gasteiger partial charge in [0.25, 0.3) is 11.8 Å². The summed E-state index contributed by atoms with van der Waals surface area (Å²) in [4.78, 5) is 25.4. The molecule has 0 unspecified atom stereocenters. The highest BCUT2D eigenvalue weighted by molar-refractivity contribution is 6.05. The molecule has 2 N–H and O–H groups in total. The molecule has 1 aromatic heterocycles. The predicted octanol–water partition coefficient (Wildman–Crippen LogP) is 4.51. The van der Waals surface area contributed by atoms with Gasteiger partial charge in [0.1, 0.15) is 17.2 Å². The summed E-state index contributed by atoms with van der Waals surface area (Å²) in [7, 11) is 0. The first-order valence-corrected chi connectivity index (χ1v) is 10.7. The lowest BCUT2D eigenvalue weighted by molar-refractivity contribution is -0.117. The van der Waals surface area contributed by atoms with Crippen LogP contribution in [0.15, 0.2) is 77.0 Å². The Morgan fingerprint density at radius 3 is 2.44 bits per heavy atom. The molecule has 3 aromatic rings. The van der Waals surface area contributed by atoms with Crippen LogP contribution in [0.1, 0.15) is 40.6 Å². The third-order valence-electron chi connectivity index (χ3n) is 4.80. The predicted molar refractivity (Wildman–Crippen MR) is 124 cm³/mol. The van der Waals surface area contributed by atoms with Crippen LogP contribution in [-0.4, -0.2) is 25.0 Å². The van der Waals surface area contributed by atoms with Crippen molar-refractivity contribution in [3.63, 3.8) is 0 Å². The number of ether oxygens (including phenoxy) is 1. The Morgan fingerprint density at radius 2 is 1.78 bits per heavy atom. The van der Waals surface area contributed by atoms with Crippen LogP contribution in [0.4, 0.5) is 0 Å². The molecule has 0 atom stereocenters. The summed E-state index contributed by atoms with van der Waals surface area (Å²) in [5, 5.41) is 5.58. The zero-order chi connectivity index (χ0) is 22.8. The Morgan fingerprint density at radius 1 is 1.03 bits per heavy atom. The van der Waals surface area contributed by atoms with E-state index in [-0.39, 0.29) is 17.5 Å². The summed E-state index contributed by atoms with van der Waals surface area (Å²) in [6.45, 7) is 5.01. The number of carbonyl (C=O) groups is 2. The van der Waals surface area contributed by atoms with E-state index < -0.39 is 0 Å². The smallest absolute Gasteiger partial charge is 0.267 e. The quantitative estimate of drug-likeness (QED) is 0.365. The maximum absolute atomic E-state index is 12.8. The average Bonchev–Trinajstić information content (AvgIpc) is 3.31. The van der Waals surface area contributed by atoms with E-state index in [4.69, 9.17) is 9.15 Å². The Bertz CT molecular complexity index is 1040. The molecule has 0 aliphatic heterocycles.